The minimum Gasteiger partial charge on any atom is -0.478 e. The third-order valence-corrected chi connectivity index (χ3v) is 7.15. The van der Waals surface area contributed by atoms with E-state index in [2.05, 4.69) is 5.32 Å². The molecule has 2 aromatic rings. The molecule has 13 heteroatoms. The quantitative estimate of drug-likeness (QED) is 0.343. The summed E-state index contributed by atoms with van der Waals surface area (Å²) < 4.78 is 46.0. The van der Waals surface area contributed by atoms with Crippen LogP contribution >= 0.6 is 24.2 Å². The Labute approximate surface area is 234 Å². The average molecular weight is 590 g/mol. The normalized spacial score (nSPS) is 16.4. The number of halogens is 4. The number of nitrogens with two attached hydrogens (primary N) is 1. The number of carboxylic acid groups (broad SMARTS) is 1. The van der Waals surface area contributed by atoms with E-state index in [9.17, 15) is 32.7 Å². The zero-order chi connectivity index (χ0) is 28.0. The van der Waals surface area contributed by atoms with Crippen molar-refractivity contribution in [3.05, 3.63) is 65.0 Å². The lowest BCUT2D eigenvalue weighted by atomic mass is 10.0. The van der Waals surface area contributed by atoms with Crippen LogP contribution in [0.2, 0.25) is 0 Å². The predicted octanol–water partition coefficient (Wildman–Crippen LogP) is 3.49. The number of hydrogen-bond donors (Lipinski definition) is 3. The van der Waals surface area contributed by atoms with Crippen molar-refractivity contribution >= 4 is 42.0 Å². The number of thioether (sulfide) groups is 1. The zero-order valence-corrected chi connectivity index (χ0v) is 23.0. The fourth-order valence-electron chi connectivity index (χ4n) is 3.94. The summed E-state index contributed by atoms with van der Waals surface area (Å²) >= 11 is 1.30. The van der Waals surface area contributed by atoms with Gasteiger partial charge < -0.3 is 25.8 Å². The Bertz CT molecular complexity index is 1170. The second-order valence-corrected chi connectivity index (χ2v) is 10.5. The van der Waals surface area contributed by atoms with Gasteiger partial charge in [0.1, 0.15) is 11.6 Å². The van der Waals surface area contributed by atoms with Gasteiger partial charge in [-0.2, -0.15) is 0 Å². The van der Waals surface area contributed by atoms with E-state index in [-0.39, 0.29) is 49.2 Å². The third kappa shape index (κ3) is 8.77. The summed E-state index contributed by atoms with van der Waals surface area (Å²) in [6.07, 6.45) is -1.35. The van der Waals surface area contributed by atoms with Gasteiger partial charge in [0.2, 0.25) is 5.91 Å². The van der Waals surface area contributed by atoms with Gasteiger partial charge in [0, 0.05) is 43.3 Å². The second-order valence-electron chi connectivity index (χ2n) is 9.32. The molecule has 1 heterocycles. The highest BCUT2D eigenvalue weighted by Gasteiger charge is 2.35. The summed E-state index contributed by atoms with van der Waals surface area (Å²) in [5, 5.41) is 11.3. The minimum absolute atomic E-state index is 0. The highest BCUT2D eigenvalue weighted by molar-refractivity contribution is 8.00. The SMILES string of the molecule is CC(C)C(Oc1ccc(CNC(=O)[C@@H]2SCCN2C(=O)C[C@H](N)Cc2cc(F)c(F)cc2F)cc1)C(=O)O.Cl. The van der Waals surface area contributed by atoms with Gasteiger partial charge in [-0.1, -0.05) is 26.0 Å². The van der Waals surface area contributed by atoms with Crippen molar-refractivity contribution in [2.75, 3.05) is 12.3 Å². The molecule has 4 N–H and O–H groups in total. The van der Waals surface area contributed by atoms with E-state index in [4.69, 9.17) is 10.5 Å². The Balaban J connectivity index is 0.00000533. The van der Waals surface area contributed by atoms with Crippen molar-refractivity contribution in [3.63, 3.8) is 0 Å². The Morgan fingerprint density at radius 3 is 2.38 bits per heavy atom. The van der Waals surface area contributed by atoms with Gasteiger partial charge in [-0.25, -0.2) is 18.0 Å². The highest BCUT2D eigenvalue weighted by atomic mass is 35.5. The Kier molecular flexibility index (Phi) is 11.9. The molecular weight excluding hydrogens is 559 g/mol. The van der Waals surface area contributed by atoms with Gasteiger partial charge in [-0.05, 0) is 35.7 Å². The molecule has 1 aliphatic rings. The smallest absolute Gasteiger partial charge is 0.345 e. The molecule has 0 saturated carbocycles. The Morgan fingerprint density at radius 1 is 1.13 bits per heavy atom. The van der Waals surface area contributed by atoms with Crippen LogP contribution in [0.1, 0.15) is 31.4 Å². The fraction of sp³-hybridized carbons (Fsp3) is 0.423. The van der Waals surface area contributed by atoms with Crippen molar-refractivity contribution in [3.8, 4) is 5.75 Å². The molecule has 214 valence electrons. The van der Waals surface area contributed by atoms with E-state index in [1.54, 1.807) is 38.1 Å². The van der Waals surface area contributed by atoms with E-state index >= 15 is 0 Å². The number of benzene rings is 2. The second kappa shape index (κ2) is 14.4. The monoisotopic (exact) mass is 589 g/mol. The van der Waals surface area contributed by atoms with Gasteiger partial charge in [0.25, 0.3) is 5.91 Å². The number of carbonyl (C=O) groups excluding carboxylic acids is 2. The van der Waals surface area contributed by atoms with Crippen molar-refractivity contribution < 1.29 is 37.4 Å². The van der Waals surface area contributed by atoms with Gasteiger partial charge in [0.05, 0.1) is 0 Å². The maximum Gasteiger partial charge on any atom is 0.345 e. The van der Waals surface area contributed by atoms with E-state index in [1.165, 1.54) is 16.7 Å². The van der Waals surface area contributed by atoms with Crippen molar-refractivity contribution in [2.24, 2.45) is 11.7 Å². The number of aliphatic carboxylic acids is 1. The number of amides is 2. The average Bonchev–Trinajstić information content (AvgIpc) is 3.35. The maximum absolute atomic E-state index is 13.9. The minimum atomic E-state index is -1.30. The summed E-state index contributed by atoms with van der Waals surface area (Å²) in [6, 6.07) is 6.97. The van der Waals surface area contributed by atoms with Crippen LogP contribution in [-0.4, -0.2) is 57.6 Å². The van der Waals surface area contributed by atoms with Crippen LogP contribution in [0.25, 0.3) is 0 Å². The summed E-state index contributed by atoms with van der Waals surface area (Å²) in [7, 11) is 0. The molecule has 2 aromatic carbocycles. The van der Waals surface area contributed by atoms with Gasteiger partial charge >= 0.3 is 5.97 Å². The highest BCUT2D eigenvalue weighted by Crippen LogP contribution is 2.26. The Hall–Kier alpha value is -2.96. The van der Waals surface area contributed by atoms with Gasteiger partial charge in [-0.15, -0.1) is 24.2 Å². The molecule has 0 radical (unpaired) electrons. The summed E-state index contributed by atoms with van der Waals surface area (Å²) in [4.78, 5) is 38.4. The van der Waals surface area contributed by atoms with Crippen LogP contribution < -0.4 is 15.8 Å². The molecule has 3 rings (SSSR count). The van der Waals surface area contributed by atoms with E-state index in [1.807, 2.05) is 0 Å². The zero-order valence-electron chi connectivity index (χ0n) is 21.4. The van der Waals surface area contributed by atoms with Crippen LogP contribution in [0.3, 0.4) is 0 Å². The third-order valence-electron chi connectivity index (χ3n) is 5.95. The maximum atomic E-state index is 13.9. The van der Waals surface area contributed by atoms with E-state index in [0.717, 1.165) is 11.6 Å². The molecule has 1 fully saturated rings. The van der Waals surface area contributed by atoms with Gasteiger partial charge in [0.15, 0.2) is 23.1 Å². The molecule has 0 spiro atoms. The first kappa shape index (κ1) is 32.3. The van der Waals surface area contributed by atoms with E-state index < -0.39 is 46.8 Å². The lowest BCUT2D eigenvalue weighted by Crippen LogP contribution is -2.46. The van der Waals surface area contributed by atoms with Crippen molar-refractivity contribution in [1.29, 1.82) is 0 Å². The van der Waals surface area contributed by atoms with Crippen molar-refractivity contribution in [1.82, 2.24) is 10.2 Å². The number of rotatable bonds is 11. The number of carbonyl (C=O) groups is 3. The molecule has 0 bridgehead atoms. The standard InChI is InChI=1S/C26H30F3N3O5S.ClH/c1-14(2)23(26(35)36)37-18-5-3-15(4-6-18)13-31-24(34)25-32(7-8-38-25)22(33)11-17(30)9-16-10-20(28)21(29)12-19(16)27;/h3-6,10,12,14,17,23,25H,7-9,11,13,30H2,1-2H3,(H,31,34)(H,35,36);1H/t17-,23?,25+;/m1./s1. The largest absolute Gasteiger partial charge is 0.478 e. The first-order valence-electron chi connectivity index (χ1n) is 12.0. The summed E-state index contributed by atoms with van der Waals surface area (Å²) in [5.41, 5.74) is 6.60. The number of nitrogens with zero attached hydrogens (tertiary/aromatic N) is 1. The fourth-order valence-corrected chi connectivity index (χ4v) is 5.10. The van der Waals surface area contributed by atoms with Crippen LogP contribution in [0.15, 0.2) is 36.4 Å². The number of hydrogen-bond acceptors (Lipinski definition) is 6. The molecular formula is C26H31ClF3N3O5S. The topological polar surface area (TPSA) is 122 Å². The Morgan fingerprint density at radius 2 is 1.77 bits per heavy atom. The van der Waals surface area contributed by atoms with Crippen LogP contribution in [0.4, 0.5) is 13.2 Å². The number of ether oxygens (including phenoxy) is 1. The molecule has 0 aliphatic carbocycles. The summed E-state index contributed by atoms with van der Waals surface area (Å²) in [6.45, 7) is 4.01. The van der Waals surface area contributed by atoms with Crippen molar-refractivity contribution in [2.45, 2.75) is 50.8 Å². The number of carboxylic acids is 1. The molecule has 8 nitrogen and oxygen atoms in total. The lowest BCUT2D eigenvalue weighted by molar-refractivity contribution is -0.147. The first-order chi connectivity index (χ1) is 18.0. The first-order valence-corrected chi connectivity index (χ1v) is 13.1. The van der Waals surface area contributed by atoms with Crippen LogP contribution in [0, 0.1) is 23.4 Å². The van der Waals surface area contributed by atoms with E-state index in [0.29, 0.717) is 24.1 Å². The molecule has 1 saturated heterocycles. The molecule has 2 amide bonds. The molecule has 39 heavy (non-hydrogen) atoms. The molecule has 1 unspecified atom stereocenters. The molecule has 1 aliphatic heterocycles. The lowest BCUT2D eigenvalue weighted by Gasteiger charge is -2.24. The van der Waals surface area contributed by atoms with Crippen LogP contribution in [-0.2, 0) is 27.3 Å². The van der Waals surface area contributed by atoms with Gasteiger partial charge in [-0.3, -0.25) is 9.59 Å². The summed E-state index contributed by atoms with van der Waals surface area (Å²) in [5.74, 6) is -4.55. The molecule has 0 aromatic heterocycles. The van der Waals surface area contributed by atoms with Crippen LogP contribution in [0.5, 0.6) is 5.75 Å². The predicted molar refractivity (Wildman–Crippen MR) is 143 cm³/mol. The number of nitrogens with one attached hydrogen (secondary N) is 1. The molecule has 3 atom stereocenters.